The third-order valence-corrected chi connectivity index (χ3v) is 5.13. The number of nitrogens with zero attached hydrogens (tertiary/aromatic N) is 1. The maximum Gasteiger partial charge on any atom is 0.329 e. The molecule has 32 heavy (non-hydrogen) atoms. The van der Waals surface area contributed by atoms with Crippen LogP contribution in [0.15, 0.2) is 76.3 Å². The van der Waals surface area contributed by atoms with E-state index in [1.165, 1.54) is 12.1 Å². The van der Waals surface area contributed by atoms with Gasteiger partial charge in [0.25, 0.3) is 0 Å². The summed E-state index contributed by atoms with van der Waals surface area (Å²) in [4.78, 5) is 23.9. The molecule has 6 nitrogen and oxygen atoms in total. The lowest BCUT2D eigenvalue weighted by Crippen LogP contribution is -2.33. The Morgan fingerprint density at radius 1 is 1.03 bits per heavy atom. The molecule has 0 aliphatic heterocycles. The molecule has 0 fully saturated rings. The third-order valence-electron chi connectivity index (χ3n) is 4.64. The molecule has 2 amide bonds. The van der Waals surface area contributed by atoms with Crippen LogP contribution in [0.25, 0.3) is 0 Å². The van der Waals surface area contributed by atoms with Crippen LogP contribution >= 0.6 is 15.9 Å². The number of hydrogen-bond acceptors (Lipinski definition) is 4. The van der Waals surface area contributed by atoms with Gasteiger partial charge in [-0.1, -0.05) is 40.2 Å². The number of hydrogen-bond donors (Lipinski definition) is 2. The van der Waals surface area contributed by atoms with Gasteiger partial charge in [0.1, 0.15) is 18.2 Å². The van der Waals surface area contributed by atoms with Crippen LogP contribution in [0.4, 0.5) is 10.1 Å². The third kappa shape index (κ3) is 6.24. The van der Waals surface area contributed by atoms with Crippen molar-refractivity contribution in [2.45, 2.75) is 20.5 Å². The zero-order chi connectivity index (χ0) is 23.1. The standard InChI is InChI=1S/C24H21BrFN3O3/c1-15-5-3-4-6-18(15)14-32-20-10-7-17(8-11-20)16(2)28-29-24(31)23(30)27-22-12-9-19(25)13-21(22)26/h3-13H,14H2,1-2H3,(H,27,30)(H,29,31)/b28-16+. The number of aryl methyl sites for hydroxylation is 1. The van der Waals surface area contributed by atoms with Crippen LogP contribution in [-0.2, 0) is 16.2 Å². The molecule has 0 aliphatic carbocycles. The molecule has 2 N–H and O–H groups in total. The van der Waals surface area contributed by atoms with Gasteiger partial charge >= 0.3 is 11.8 Å². The molecule has 0 saturated carbocycles. The SMILES string of the molecule is C/C(=N\NC(=O)C(=O)Nc1ccc(Br)cc1F)c1ccc(OCc2ccccc2C)cc1. The first-order chi connectivity index (χ1) is 15.3. The lowest BCUT2D eigenvalue weighted by atomic mass is 10.1. The zero-order valence-corrected chi connectivity index (χ0v) is 19.1. The van der Waals surface area contributed by atoms with E-state index in [2.05, 4.69) is 31.8 Å². The summed E-state index contributed by atoms with van der Waals surface area (Å²) in [6, 6.07) is 19.3. The second kappa shape index (κ2) is 10.7. The Kier molecular flexibility index (Phi) is 7.72. The summed E-state index contributed by atoms with van der Waals surface area (Å²) in [6.07, 6.45) is 0. The summed E-state index contributed by atoms with van der Waals surface area (Å²) in [5, 5.41) is 6.15. The Morgan fingerprint density at radius 3 is 2.44 bits per heavy atom. The molecule has 0 bridgehead atoms. The smallest absolute Gasteiger partial charge is 0.329 e. The topological polar surface area (TPSA) is 79.8 Å². The molecular formula is C24H21BrFN3O3. The lowest BCUT2D eigenvalue weighted by Gasteiger charge is -2.09. The van der Waals surface area contributed by atoms with Gasteiger partial charge in [0.2, 0.25) is 0 Å². The molecule has 3 rings (SSSR count). The van der Waals surface area contributed by atoms with Crippen molar-refractivity contribution in [3.8, 4) is 5.75 Å². The summed E-state index contributed by atoms with van der Waals surface area (Å²) in [5.41, 5.74) is 5.58. The van der Waals surface area contributed by atoms with Crippen molar-refractivity contribution in [3.05, 3.63) is 93.7 Å². The summed E-state index contributed by atoms with van der Waals surface area (Å²) in [5.74, 6) is -2.00. The molecule has 164 valence electrons. The molecule has 3 aromatic rings. The quantitative estimate of drug-likeness (QED) is 0.287. The normalized spacial score (nSPS) is 11.1. The average Bonchev–Trinajstić information content (AvgIpc) is 2.78. The van der Waals surface area contributed by atoms with E-state index < -0.39 is 17.6 Å². The Hall–Kier alpha value is -3.52. The van der Waals surface area contributed by atoms with E-state index in [4.69, 9.17) is 4.74 Å². The molecule has 0 unspecified atom stereocenters. The van der Waals surface area contributed by atoms with Crippen molar-refractivity contribution in [1.29, 1.82) is 0 Å². The van der Waals surface area contributed by atoms with Crippen LogP contribution in [0, 0.1) is 12.7 Å². The number of nitrogens with one attached hydrogen (secondary N) is 2. The number of carbonyl (C=O) groups excluding carboxylic acids is 2. The van der Waals surface area contributed by atoms with Gasteiger partial charge in [0, 0.05) is 4.47 Å². The minimum Gasteiger partial charge on any atom is -0.489 e. The van der Waals surface area contributed by atoms with E-state index in [0.717, 1.165) is 16.7 Å². The fourth-order valence-corrected chi connectivity index (χ4v) is 3.08. The van der Waals surface area contributed by atoms with Crippen LogP contribution in [0.3, 0.4) is 0 Å². The molecule has 0 radical (unpaired) electrons. The van der Waals surface area contributed by atoms with Crippen LogP contribution in [0.2, 0.25) is 0 Å². The first-order valence-corrected chi connectivity index (χ1v) is 10.5. The summed E-state index contributed by atoms with van der Waals surface area (Å²) >= 11 is 3.12. The van der Waals surface area contributed by atoms with E-state index in [9.17, 15) is 14.0 Å². The van der Waals surface area contributed by atoms with Gasteiger partial charge in [0.15, 0.2) is 0 Å². The number of amides is 2. The predicted molar refractivity (Wildman–Crippen MR) is 125 cm³/mol. The number of carbonyl (C=O) groups is 2. The van der Waals surface area contributed by atoms with Gasteiger partial charge in [-0.2, -0.15) is 5.10 Å². The Bertz CT molecular complexity index is 1160. The lowest BCUT2D eigenvalue weighted by molar-refractivity contribution is -0.136. The van der Waals surface area contributed by atoms with Crippen molar-refractivity contribution >= 4 is 39.1 Å². The van der Waals surface area contributed by atoms with Crippen molar-refractivity contribution < 1.29 is 18.7 Å². The van der Waals surface area contributed by atoms with Gasteiger partial charge < -0.3 is 10.1 Å². The number of halogens is 2. The zero-order valence-electron chi connectivity index (χ0n) is 17.5. The van der Waals surface area contributed by atoms with Crippen molar-refractivity contribution in [2.75, 3.05) is 5.32 Å². The van der Waals surface area contributed by atoms with Gasteiger partial charge in [-0.25, -0.2) is 9.82 Å². The summed E-state index contributed by atoms with van der Waals surface area (Å²) in [7, 11) is 0. The maximum absolute atomic E-state index is 13.8. The van der Waals surface area contributed by atoms with E-state index >= 15 is 0 Å². The van der Waals surface area contributed by atoms with Crippen LogP contribution in [-0.4, -0.2) is 17.5 Å². The highest BCUT2D eigenvalue weighted by molar-refractivity contribution is 9.10. The fraction of sp³-hybridized carbons (Fsp3) is 0.125. The molecule has 0 atom stereocenters. The minimum atomic E-state index is -1.03. The van der Waals surface area contributed by atoms with E-state index in [1.807, 2.05) is 31.2 Å². The monoisotopic (exact) mass is 497 g/mol. The molecule has 0 aliphatic rings. The largest absolute Gasteiger partial charge is 0.489 e. The molecule has 0 heterocycles. The Morgan fingerprint density at radius 2 is 1.75 bits per heavy atom. The average molecular weight is 498 g/mol. The van der Waals surface area contributed by atoms with Crippen LogP contribution in [0.5, 0.6) is 5.75 Å². The van der Waals surface area contributed by atoms with Gasteiger partial charge in [-0.3, -0.25) is 9.59 Å². The highest BCUT2D eigenvalue weighted by Crippen LogP contribution is 2.19. The minimum absolute atomic E-state index is 0.102. The number of rotatable bonds is 6. The highest BCUT2D eigenvalue weighted by Gasteiger charge is 2.15. The first kappa shape index (κ1) is 23.1. The number of anilines is 1. The number of ether oxygens (including phenoxy) is 1. The number of benzene rings is 3. The fourth-order valence-electron chi connectivity index (χ4n) is 2.75. The number of hydrazone groups is 1. The molecular weight excluding hydrogens is 477 g/mol. The van der Waals surface area contributed by atoms with Crippen molar-refractivity contribution in [3.63, 3.8) is 0 Å². The predicted octanol–water partition coefficient (Wildman–Crippen LogP) is 4.95. The van der Waals surface area contributed by atoms with Crippen LogP contribution in [0.1, 0.15) is 23.6 Å². The van der Waals surface area contributed by atoms with Crippen molar-refractivity contribution in [2.24, 2.45) is 5.10 Å². The summed E-state index contributed by atoms with van der Waals surface area (Å²) < 4.78 is 20.1. The summed E-state index contributed by atoms with van der Waals surface area (Å²) in [6.45, 7) is 4.19. The Balaban J connectivity index is 1.55. The Labute approximate surface area is 193 Å². The molecule has 0 spiro atoms. The second-order valence-electron chi connectivity index (χ2n) is 6.96. The van der Waals surface area contributed by atoms with E-state index in [0.29, 0.717) is 22.5 Å². The van der Waals surface area contributed by atoms with E-state index in [-0.39, 0.29) is 5.69 Å². The van der Waals surface area contributed by atoms with Crippen LogP contribution < -0.4 is 15.5 Å². The molecule has 8 heteroatoms. The van der Waals surface area contributed by atoms with Gasteiger partial charge in [0.05, 0.1) is 11.4 Å². The molecule has 0 aromatic heterocycles. The maximum atomic E-state index is 13.8. The van der Waals surface area contributed by atoms with E-state index in [1.54, 1.807) is 37.3 Å². The first-order valence-electron chi connectivity index (χ1n) is 9.72. The molecule has 0 saturated heterocycles. The van der Waals surface area contributed by atoms with Gasteiger partial charge in [-0.05, 0) is 73.0 Å². The van der Waals surface area contributed by atoms with Gasteiger partial charge in [-0.15, -0.1) is 0 Å². The second-order valence-corrected chi connectivity index (χ2v) is 7.87. The highest BCUT2D eigenvalue weighted by atomic mass is 79.9. The van der Waals surface area contributed by atoms with Crippen molar-refractivity contribution in [1.82, 2.24) is 5.43 Å². The molecule has 3 aromatic carbocycles.